The molecule has 0 spiro atoms. The number of benzene rings is 1. The van der Waals surface area contributed by atoms with Crippen molar-refractivity contribution in [3.05, 3.63) is 29.8 Å². The van der Waals surface area contributed by atoms with Gasteiger partial charge in [0, 0.05) is 37.4 Å². The molecule has 2 rings (SSSR count). The molecule has 2 unspecified atom stereocenters. The summed E-state index contributed by atoms with van der Waals surface area (Å²) >= 11 is 0. The summed E-state index contributed by atoms with van der Waals surface area (Å²) in [6, 6.07) is 8.42. The summed E-state index contributed by atoms with van der Waals surface area (Å²) in [7, 11) is 3.53. The predicted octanol–water partition coefficient (Wildman–Crippen LogP) is 2.07. The molecule has 104 valence electrons. The Labute approximate surface area is 115 Å². The molecule has 1 fully saturated rings. The van der Waals surface area contributed by atoms with Crippen LogP contribution < -0.4 is 11.1 Å². The van der Waals surface area contributed by atoms with E-state index >= 15 is 0 Å². The molecule has 1 aromatic carbocycles. The van der Waals surface area contributed by atoms with E-state index in [0.29, 0.717) is 12.1 Å². The third-order valence-electron chi connectivity index (χ3n) is 3.60. The highest BCUT2D eigenvalue weighted by Gasteiger charge is 2.19. The lowest BCUT2D eigenvalue weighted by atomic mass is 9.91. The quantitative estimate of drug-likeness (QED) is 0.875. The highest BCUT2D eigenvalue weighted by atomic mass is 16.2. The largest absolute Gasteiger partial charge is 0.382 e. The van der Waals surface area contributed by atoms with E-state index in [0.717, 1.165) is 30.5 Å². The third-order valence-corrected chi connectivity index (χ3v) is 3.60. The standard InChI is InChI=1S/C15H23N3O/c1-18(2)15(19)11-5-3-7-13(9-11)17-14-8-4-6-12(16)10-14/h3,5,7,9,12,14,17H,4,6,8,10,16H2,1-2H3. The summed E-state index contributed by atoms with van der Waals surface area (Å²) in [4.78, 5) is 13.5. The maximum Gasteiger partial charge on any atom is 0.253 e. The zero-order valence-electron chi connectivity index (χ0n) is 11.7. The summed E-state index contributed by atoms with van der Waals surface area (Å²) in [5, 5.41) is 3.49. The summed E-state index contributed by atoms with van der Waals surface area (Å²) in [6.45, 7) is 0. The van der Waals surface area contributed by atoms with Gasteiger partial charge >= 0.3 is 0 Å². The van der Waals surface area contributed by atoms with Crippen LogP contribution in [0.15, 0.2) is 24.3 Å². The van der Waals surface area contributed by atoms with Crippen molar-refractivity contribution in [2.75, 3.05) is 19.4 Å². The van der Waals surface area contributed by atoms with Crippen LogP contribution in [-0.2, 0) is 0 Å². The molecule has 19 heavy (non-hydrogen) atoms. The van der Waals surface area contributed by atoms with Gasteiger partial charge < -0.3 is 16.0 Å². The zero-order chi connectivity index (χ0) is 13.8. The molecule has 1 saturated carbocycles. The fraction of sp³-hybridized carbons (Fsp3) is 0.533. The molecule has 0 heterocycles. The van der Waals surface area contributed by atoms with Gasteiger partial charge in [0.25, 0.3) is 5.91 Å². The summed E-state index contributed by atoms with van der Waals surface area (Å²) in [5.41, 5.74) is 7.72. The number of carbonyl (C=O) groups is 1. The van der Waals surface area contributed by atoms with Gasteiger partial charge in [-0.1, -0.05) is 6.07 Å². The highest BCUT2D eigenvalue weighted by Crippen LogP contribution is 2.22. The van der Waals surface area contributed by atoms with Crippen LogP contribution in [-0.4, -0.2) is 37.0 Å². The fourth-order valence-electron chi connectivity index (χ4n) is 2.59. The maximum absolute atomic E-state index is 11.9. The Kier molecular flexibility index (Phi) is 4.43. The molecular weight excluding hydrogens is 238 g/mol. The lowest BCUT2D eigenvalue weighted by Gasteiger charge is -2.28. The van der Waals surface area contributed by atoms with Crippen molar-refractivity contribution in [3.63, 3.8) is 0 Å². The third kappa shape index (κ3) is 3.70. The number of nitrogens with zero attached hydrogens (tertiary/aromatic N) is 1. The first-order valence-corrected chi connectivity index (χ1v) is 6.90. The second kappa shape index (κ2) is 6.06. The van der Waals surface area contributed by atoms with Gasteiger partial charge in [-0.25, -0.2) is 0 Å². The van der Waals surface area contributed by atoms with Crippen LogP contribution in [0.2, 0.25) is 0 Å². The number of carbonyl (C=O) groups excluding carboxylic acids is 1. The van der Waals surface area contributed by atoms with Crippen LogP contribution in [0.25, 0.3) is 0 Å². The molecule has 0 bridgehead atoms. The van der Waals surface area contributed by atoms with E-state index in [4.69, 9.17) is 5.73 Å². The molecule has 1 aromatic rings. The van der Waals surface area contributed by atoms with Crippen molar-refractivity contribution < 1.29 is 4.79 Å². The van der Waals surface area contributed by atoms with E-state index in [9.17, 15) is 4.79 Å². The summed E-state index contributed by atoms with van der Waals surface area (Å²) in [6.07, 6.45) is 4.46. The van der Waals surface area contributed by atoms with Gasteiger partial charge in [0.1, 0.15) is 0 Å². The van der Waals surface area contributed by atoms with Gasteiger partial charge in [0.2, 0.25) is 0 Å². The molecule has 0 saturated heterocycles. The molecular formula is C15H23N3O. The minimum Gasteiger partial charge on any atom is -0.382 e. The molecule has 1 aliphatic carbocycles. The van der Waals surface area contributed by atoms with E-state index in [2.05, 4.69) is 5.32 Å². The van der Waals surface area contributed by atoms with Crippen LogP contribution in [0, 0.1) is 0 Å². The number of nitrogens with one attached hydrogen (secondary N) is 1. The van der Waals surface area contributed by atoms with Gasteiger partial charge in [-0.2, -0.15) is 0 Å². The monoisotopic (exact) mass is 261 g/mol. The molecule has 2 atom stereocenters. The smallest absolute Gasteiger partial charge is 0.253 e. The Morgan fingerprint density at radius 2 is 2.16 bits per heavy atom. The van der Waals surface area contributed by atoms with E-state index in [1.165, 1.54) is 6.42 Å². The van der Waals surface area contributed by atoms with Crippen molar-refractivity contribution in [1.29, 1.82) is 0 Å². The second-order valence-electron chi connectivity index (χ2n) is 5.55. The average Bonchev–Trinajstić information content (AvgIpc) is 2.38. The van der Waals surface area contributed by atoms with Crippen molar-refractivity contribution in [2.24, 2.45) is 5.73 Å². The summed E-state index contributed by atoms with van der Waals surface area (Å²) in [5.74, 6) is 0.0315. The molecule has 4 nitrogen and oxygen atoms in total. The molecule has 4 heteroatoms. The van der Waals surface area contributed by atoms with Crippen LogP contribution in [0.3, 0.4) is 0 Å². The first-order chi connectivity index (χ1) is 9.06. The van der Waals surface area contributed by atoms with E-state index in [1.54, 1.807) is 19.0 Å². The molecule has 0 radical (unpaired) electrons. The van der Waals surface area contributed by atoms with Crippen molar-refractivity contribution in [1.82, 2.24) is 4.90 Å². The van der Waals surface area contributed by atoms with E-state index < -0.39 is 0 Å². The average molecular weight is 261 g/mol. The van der Waals surface area contributed by atoms with Gasteiger partial charge in [0.15, 0.2) is 0 Å². The Bertz CT molecular complexity index is 445. The van der Waals surface area contributed by atoms with Gasteiger partial charge in [0.05, 0.1) is 0 Å². The minimum atomic E-state index is 0.0315. The van der Waals surface area contributed by atoms with E-state index in [-0.39, 0.29) is 5.91 Å². The Morgan fingerprint density at radius 3 is 2.84 bits per heavy atom. The Hall–Kier alpha value is -1.55. The molecule has 0 aliphatic heterocycles. The molecule has 1 aliphatic rings. The molecule has 0 aromatic heterocycles. The van der Waals surface area contributed by atoms with Crippen LogP contribution in [0.5, 0.6) is 0 Å². The number of amides is 1. The van der Waals surface area contributed by atoms with Crippen molar-refractivity contribution >= 4 is 11.6 Å². The van der Waals surface area contributed by atoms with Gasteiger partial charge in [-0.3, -0.25) is 4.79 Å². The first-order valence-electron chi connectivity index (χ1n) is 6.90. The number of rotatable bonds is 3. The normalized spacial score (nSPS) is 22.9. The maximum atomic E-state index is 11.9. The first kappa shape index (κ1) is 13.9. The topological polar surface area (TPSA) is 58.4 Å². The minimum absolute atomic E-state index is 0.0315. The number of anilines is 1. The highest BCUT2D eigenvalue weighted by molar-refractivity contribution is 5.94. The zero-order valence-corrected chi connectivity index (χ0v) is 11.7. The van der Waals surface area contributed by atoms with Gasteiger partial charge in [-0.05, 0) is 43.9 Å². The Balaban J connectivity index is 2.04. The van der Waals surface area contributed by atoms with Crippen molar-refractivity contribution in [2.45, 2.75) is 37.8 Å². The lowest BCUT2D eigenvalue weighted by molar-refractivity contribution is 0.0827. The Morgan fingerprint density at radius 1 is 1.37 bits per heavy atom. The van der Waals surface area contributed by atoms with Crippen molar-refractivity contribution in [3.8, 4) is 0 Å². The van der Waals surface area contributed by atoms with Crippen LogP contribution in [0.4, 0.5) is 5.69 Å². The molecule has 3 N–H and O–H groups in total. The summed E-state index contributed by atoms with van der Waals surface area (Å²) < 4.78 is 0. The van der Waals surface area contributed by atoms with Gasteiger partial charge in [-0.15, -0.1) is 0 Å². The van der Waals surface area contributed by atoms with Crippen LogP contribution in [0.1, 0.15) is 36.0 Å². The second-order valence-corrected chi connectivity index (χ2v) is 5.55. The molecule has 1 amide bonds. The number of hydrogen-bond acceptors (Lipinski definition) is 3. The van der Waals surface area contributed by atoms with Crippen LogP contribution >= 0.6 is 0 Å². The lowest BCUT2D eigenvalue weighted by Crippen LogP contribution is -2.34. The number of hydrogen-bond donors (Lipinski definition) is 2. The SMILES string of the molecule is CN(C)C(=O)c1cccc(NC2CCCC(N)C2)c1. The predicted molar refractivity (Wildman–Crippen MR) is 78.3 cm³/mol. The fourth-order valence-corrected chi connectivity index (χ4v) is 2.59. The van der Waals surface area contributed by atoms with E-state index in [1.807, 2.05) is 24.3 Å². The number of nitrogens with two attached hydrogens (primary N) is 1.